The van der Waals surface area contributed by atoms with Crippen LogP contribution in [0, 0.1) is 20.8 Å². The number of fused-ring (bicyclic) bond motifs is 1. The highest BCUT2D eigenvalue weighted by Crippen LogP contribution is 2.29. The van der Waals surface area contributed by atoms with E-state index in [1.165, 1.54) is 39.8 Å². The van der Waals surface area contributed by atoms with Crippen molar-refractivity contribution in [1.82, 2.24) is 10.4 Å². The van der Waals surface area contributed by atoms with Gasteiger partial charge >= 0.3 is 0 Å². The highest BCUT2D eigenvalue weighted by molar-refractivity contribution is 8.00. The quantitative estimate of drug-likeness (QED) is 0.523. The Hall–Kier alpha value is -2.05. The minimum atomic E-state index is -0.0762. The molecule has 3 rings (SSSR count). The van der Waals surface area contributed by atoms with Crippen molar-refractivity contribution in [1.29, 1.82) is 0 Å². The van der Waals surface area contributed by atoms with Crippen molar-refractivity contribution in [3.63, 3.8) is 0 Å². The number of aryl methyl sites for hydroxylation is 3. The van der Waals surface area contributed by atoms with Crippen LogP contribution in [-0.2, 0) is 4.79 Å². The van der Waals surface area contributed by atoms with E-state index >= 15 is 0 Å². The van der Waals surface area contributed by atoms with E-state index in [4.69, 9.17) is 0 Å². The predicted octanol–water partition coefficient (Wildman–Crippen LogP) is 4.46. The molecule has 0 aliphatic heterocycles. The summed E-state index contributed by atoms with van der Waals surface area (Å²) < 4.78 is 1.11. The Balaban J connectivity index is 1.56. The van der Waals surface area contributed by atoms with Gasteiger partial charge in [0.15, 0.2) is 0 Å². The summed E-state index contributed by atoms with van der Waals surface area (Å²) in [6, 6.07) is 12.3. The number of amides is 1. The number of carbonyl (C=O) groups excluding carboxylic acids is 1. The maximum Gasteiger partial charge on any atom is 0.248 e. The fraction of sp³-hybridized carbons (Fsp3) is 0.222. The number of thioether (sulfide) groups is 1. The van der Waals surface area contributed by atoms with E-state index in [1.807, 2.05) is 31.2 Å². The van der Waals surface area contributed by atoms with Crippen LogP contribution in [0.4, 0.5) is 5.13 Å². The van der Waals surface area contributed by atoms with Crippen molar-refractivity contribution < 1.29 is 4.79 Å². The molecule has 0 unspecified atom stereocenters. The molecule has 4 nitrogen and oxygen atoms in total. The number of benzene rings is 2. The maximum absolute atomic E-state index is 12.0. The summed E-state index contributed by atoms with van der Waals surface area (Å²) in [4.78, 5) is 17.6. The van der Waals surface area contributed by atoms with Crippen LogP contribution in [0.15, 0.2) is 41.3 Å². The monoisotopic (exact) mass is 357 g/mol. The van der Waals surface area contributed by atoms with Gasteiger partial charge in [0.1, 0.15) is 0 Å². The van der Waals surface area contributed by atoms with Crippen LogP contribution < -0.4 is 10.9 Å². The van der Waals surface area contributed by atoms with Crippen molar-refractivity contribution in [3.05, 3.63) is 53.1 Å². The largest absolute Gasteiger partial charge is 0.273 e. The van der Waals surface area contributed by atoms with Crippen LogP contribution in [-0.4, -0.2) is 16.6 Å². The Kier molecular flexibility index (Phi) is 5.06. The van der Waals surface area contributed by atoms with E-state index in [-0.39, 0.29) is 5.91 Å². The second-order valence-electron chi connectivity index (χ2n) is 5.65. The number of anilines is 1. The molecule has 0 saturated heterocycles. The summed E-state index contributed by atoms with van der Waals surface area (Å²) in [5.41, 5.74) is 10.2. The molecule has 0 saturated carbocycles. The molecular weight excluding hydrogens is 338 g/mol. The molecule has 0 spiro atoms. The van der Waals surface area contributed by atoms with E-state index in [0.29, 0.717) is 10.9 Å². The van der Waals surface area contributed by atoms with Crippen molar-refractivity contribution in [2.24, 2.45) is 0 Å². The zero-order chi connectivity index (χ0) is 17.1. The molecule has 3 aromatic rings. The standard InChI is InChI=1S/C18H19N3OS2/c1-11-4-7-14(8-5-11)23-10-16(22)20-21-18-19-17-13(3)12(2)6-9-15(17)24-18/h4-9H,10H2,1-3H3,(H,19,21)(H,20,22). The summed E-state index contributed by atoms with van der Waals surface area (Å²) in [7, 11) is 0. The molecule has 1 amide bonds. The van der Waals surface area contributed by atoms with Gasteiger partial charge in [0.05, 0.1) is 16.0 Å². The van der Waals surface area contributed by atoms with Crippen molar-refractivity contribution in [2.45, 2.75) is 25.7 Å². The van der Waals surface area contributed by atoms with Crippen molar-refractivity contribution >= 4 is 44.4 Å². The van der Waals surface area contributed by atoms with E-state index < -0.39 is 0 Å². The molecule has 0 aliphatic rings. The molecule has 0 aliphatic carbocycles. The van der Waals surface area contributed by atoms with Crippen LogP contribution in [0.3, 0.4) is 0 Å². The number of rotatable bonds is 5. The average Bonchev–Trinajstić information content (AvgIpc) is 3.00. The molecule has 2 aromatic carbocycles. The zero-order valence-electron chi connectivity index (χ0n) is 13.8. The Morgan fingerprint density at radius 1 is 1.12 bits per heavy atom. The number of nitrogens with one attached hydrogen (secondary N) is 2. The van der Waals surface area contributed by atoms with E-state index in [9.17, 15) is 4.79 Å². The first-order chi connectivity index (χ1) is 11.5. The highest BCUT2D eigenvalue weighted by atomic mass is 32.2. The maximum atomic E-state index is 12.0. The Morgan fingerprint density at radius 2 is 1.88 bits per heavy atom. The lowest BCUT2D eigenvalue weighted by Gasteiger charge is -2.05. The molecule has 2 N–H and O–H groups in total. The van der Waals surface area contributed by atoms with Crippen LogP contribution in [0.25, 0.3) is 10.2 Å². The number of nitrogens with zero attached hydrogens (tertiary/aromatic N) is 1. The molecule has 0 fully saturated rings. The molecule has 1 heterocycles. The molecule has 0 radical (unpaired) electrons. The molecule has 1 aromatic heterocycles. The lowest BCUT2D eigenvalue weighted by atomic mass is 10.1. The Bertz CT molecular complexity index is 872. The third-order valence-corrected chi connectivity index (χ3v) is 5.73. The number of thiazole rings is 1. The fourth-order valence-corrected chi connectivity index (χ4v) is 3.80. The number of hydrazine groups is 1. The number of aromatic nitrogens is 1. The van der Waals surface area contributed by atoms with Gasteiger partial charge in [-0.15, -0.1) is 11.8 Å². The first kappa shape index (κ1) is 16.8. The second-order valence-corrected chi connectivity index (χ2v) is 7.73. The van der Waals surface area contributed by atoms with Gasteiger partial charge in [0, 0.05) is 4.90 Å². The summed E-state index contributed by atoms with van der Waals surface area (Å²) in [6.45, 7) is 6.19. The third kappa shape index (κ3) is 3.88. The van der Waals surface area contributed by atoms with Gasteiger partial charge in [-0.05, 0) is 50.1 Å². The van der Waals surface area contributed by atoms with Gasteiger partial charge in [0.2, 0.25) is 11.0 Å². The number of hydrogen-bond donors (Lipinski definition) is 2. The first-order valence-corrected chi connectivity index (χ1v) is 9.44. The van der Waals surface area contributed by atoms with Gasteiger partial charge in [-0.25, -0.2) is 4.98 Å². The van der Waals surface area contributed by atoms with E-state index in [2.05, 4.69) is 41.8 Å². The van der Waals surface area contributed by atoms with Gasteiger partial charge in [-0.2, -0.15) is 0 Å². The van der Waals surface area contributed by atoms with E-state index in [1.54, 1.807) is 0 Å². The SMILES string of the molecule is Cc1ccc(SCC(=O)NNc2nc3c(C)c(C)ccc3s2)cc1. The summed E-state index contributed by atoms with van der Waals surface area (Å²) in [5.74, 6) is 0.284. The average molecular weight is 358 g/mol. The van der Waals surface area contributed by atoms with Crippen LogP contribution >= 0.6 is 23.1 Å². The van der Waals surface area contributed by atoms with Crippen LogP contribution in [0.5, 0.6) is 0 Å². The number of hydrogen-bond acceptors (Lipinski definition) is 5. The second kappa shape index (κ2) is 7.23. The summed E-state index contributed by atoms with van der Waals surface area (Å²) in [6.07, 6.45) is 0. The molecule has 0 bridgehead atoms. The highest BCUT2D eigenvalue weighted by Gasteiger charge is 2.09. The summed E-state index contributed by atoms with van der Waals surface area (Å²) in [5, 5.41) is 0.701. The lowest BCUT2D eigenvalue weighted by molar-refractivity contribution is -0.118. The topological polar surface area (TPSA) is 54.0 Å². The van der Waals surface area contributed by atoms with Crippen molar-refractivity contribution in [2.75, 3.05) is 11.2 Å². The van der Waals surface area contributed by atoms with Crippen molar-refractivity contribution in [3.8, 4) is 0 Å². The normalized spacial score (nSPS) is 10.8. The molecule has 0 atom stereocenters. The zero-order valence-corrected chi connectivity index (χ0v) is 15.5. The lowest BCUT2D eigenvalue weighted by Crippen LogP contribution is -2.30. The van der Waals surface area contributed by atoms with Gasteiger partial charge in [-0.1, -0.05) is 35.1 Å². The predicted molar refractivity (Wildman–Crippen MR) is 103 cm³/mol. The van der Waals surface area contributed by atoms with Crippen LogP contribution in [0.1, 0.15) is 16.7 Å². The minimum absolute atomic E-state index is 0.0762. The Morgan fingerprint density at radius 3 is 2.62 bits per heavy atom. The van der Waals surface area contributed by atoms with E-state index in [0.717, 1.165) is 15.1 Å². The molecule has 24 heavy (non-hydrogen) atoms. The number of carbonyl (C=O) groups is 1. The van der Waals surface area contributed by atoms with Gasteiger partial charge in [0.25, 0.3) is 0 Å². The third-order valence-electron chi connectivity index (χ3n) is 3.78. The van der Waals surface area contributed by atoms with Crippen LogP contribution in [0.2, 0.25) is 0 Å². The smallest absolute Gasteiger partial charge is 0.248 e. The van der Waals surface area contributed by atoms with Gasteiger partial charge in [-0.3, -0.25) is 15.6 Å². The molecule has 124 valence electrons. The Labute approximate surface area is 149 Å². The first-order valence-electron chi connectivity index (χ1n) is 7.64. The van der Waals surface area contributed by atoms with Gasteiger partial charge < -0.3 is 0 Å². The minimum Gasteiger partial charge on any atom is -0.273 e. The molecule has 6 heteroatoms. The molecular formula is C18H19N3OS2. The summed E-state index contributed by atoms with van der Waals surface area (Å²) >= 11 is 3.05. The fourth-order valence-electron chi connectivity index (χ4n) is 2.22.